The molecule has 5 nitrogen and oxygen atoms in total. The Hall–Kier alpha value is -2.99. The average Bonchev–Trinajstić information content (AvgIpc) is 3.20. The van der Waals surface area contributed by atoms with E-state index < -0.39 is 0 Å². The number of piperidine rings is 1. The summed E-state index contributed by atoms with van der Waals surface area (Å²) in [5.41, 5.74) is 3.96. The lowest BCUT2D eigenvalue weighted by Gasteiger charge is -2.38. The van der Waals surface area contributed by atoms with Crippen molar-refractivity contribution in [2.45, 2.75) is 32.1 Å². The quantitative estimate of drug-likeness (QED) is 0.646. The van der Waals surface area contributed by atoms with E-state index in [9.17, 15) is 9.59 Å². The second kappa shape index (κ2) is 8.87. The van der Waals surface area contributed by atoms with Crippen molar-refractivity contribution in [1.29, 1.82) is 0 Å². The highest BCUT2D eigenvalue weighted by molar-refractivity contribution is 7.12. The molecule has 1 N–H and O–H groups in total. The Morgan fingerprint density at radius 2 is 1.81 bits per heavy atom. The number of hydrogen-bond acceptors (Lipinski definition) is 4. The topological polar surface area (TPSA) is 62.3 Å². The number of nitrogens with zero attached hydrogens (tertiary/aromatic N) is 2. The van der Waals surface area contributed by atoms with E-state index in [-0.39, 0.29) is 11.8 Å². The summed E-state index contributed by atoms with van der Waals surface area (Å²) < 4.78 is 0. The number of hydrogen-bond donors (Lipinski definition) is 1. The van der Waals surface area contributed by atoms with Crippen LogP contribution in [0.4, 0.5) is 0 Å². The molecule has 1 unspecified atom stereocenters. The first kappa shape index (κ1) is 20.9. The van der Waals surface area contributed by atoms with Crippen LogP contribution in [0.5, 0.6) is 0 Å². The maximum Gasteiger partial charge on any atom is 0.251 e. The van der Waals surface area contributed by atoms with Gasteiger partial charge in [-0.15, -0.1) is 11.3 Å². The maximum absolute atomic E-state index is 13.1. The van der Waals surface area contributed by atoms with Crippen molar-refractivity contribution in [2.24, 2.45) is 5.92 Å². The third kappa shape index (κ3) is 4.07. The molecule has 3 heterocycles. The van der Waals surface area contributed by atoms with Gasteiger partial charge < -0.3 is 10.2 Å². The molecule has 5 rings (SSSR count). The third-order valence-electron chi connectivity index (χ3n) is 6.71. The van der Waals surface area contributed by atoms with E-state index in [1.54, 1.807) is 11.3 Å². The van der Waals surface area contributed by atoms with E-state index >= 15 is 0 Å². The van der Waals surface area contributed by atoms with Gasteiger partial charge in [-0.2, -0.15) is 0 Å². The molecule has 0 radical (unpaired) electrons. The number of fused-ring (bicyclic) bond motifs is 1. The van der Waals surface area contributed by atoms with E-state index in [1.165, 1.54) is 0 Å². The van der Waals surface area contributed by atoms with Crippen LogP contribution < -0.4 is 5.32 Å². The number of rotatable bonds is 4. The SMILES string of the molecule is Cc1nc(-c2ccccc2)c(CC(=O)N2CCC(C3CNC(=O)c4ccccc43)CC2)s1. The molecule has 3 aromatic rings. The van der Waals surface area contributed by atoms with E-state index in [2.05, 4.69) is 23.5 Å². The molecule has 2 amide bonds. The van der Waals surface area contributed by atoms with Crippen molar-refractivity contribution in [1.82, 2.24) is 15.2 Å². The number of amides is 2. The van der Waals surface area contributed by atoms with E-state index in [4.69, 9.17) is 4.98 Å². The highest BCUT2D eigenvalue weighted by Crippen LogP contribution is 2.36. The molecule has 1 saturated heterocycles. The molecule has 1 atom stereocenters. The zero-order chi connectivity index (χ0) is 22.1. The Balaban J connectivity index is 1.25. The van der Waals surface area contributed by atoms with Crippen molar-refractivity contribution in [2.75, 3.05) is 19.6 Å². The second-order valence-electron chi connectivity index (χ2n) is 8.67. The second-order valence-corrected chi connectivity index (χ2v) is 9.96. The highest BCUT2D eigenvalue weighted by atomic mass is 32.1. The van der Waals surface area contributed by atoms with Gasteiger partial charge >= 0.3 is 0 Å². The van der Waals surface area contributed by atoms with Gasteiger partial charge in [-0.3, -0.25) is 9.59 Å². The van der Waals surface area contributed by atoms with Gasteiger partial charge in [0.1, 0.15) is 0 Å². The monoisotopic (exact) mass is 445 g/mol. The van der Waals surface area contributed by atoms with Crippen molar-refractivity contribution in [3.05, 3.63) is 75.6 Å². The summed E-state index contributed by atoms with van der Waals surface area (Å²) in [6, 6.07) is 18.1. The van der Waals surface area contributed by atoms with Crippen LogP contribution in [0, 0.1) is 12.8 Å². The highest BCUT2D eigenvalue weighted by Gasteiger charge is 2.34. The zero-order valence-electron chi connectivity index (χ0n) is 18.2. The third-order valence-corrected chi connectivity index (χ3v) is 7.68. The molecule has 0 bridgehead atoms. The summed E-state index contributed by atoms with van der Waals surface area (Å²) in [5, 5.41) is 4.04. The Bertz CT molecular complexity index is 1130. The lowest BCUT2D eigenvalue weighted by molar-refractivity contribution is -0.131. The minimum Gasteiger partial charge on any atom is -0.351 e. The summed E-state index contributed by atoms with van der Waals surface area (Å²) in [6.45, 7) is 4.23. The number of aromatic nitrogens is 1. The van der Waals surface area contributed by atoms with Crippen molar-refractivity contribution in [3.63, 3.8) is 0 Å². The van der Waals surface area contributed by atoms with Gasteiger partial charge in [-0.1, -0.05) is 48.5 Å². The van der Waals surface area contributed by atoms with Crippen LogP contribution in [-0.4, -0.2) is 41.3 Å². The summed E-state index contributed by atoms with van der Waals surface area (Å²) in [4.78, 5) is 33.1. The van der Waals surface area contributed by atoms with E-state index in [0.29, 0.717) is 24.8 Å². The average molecular weight is 446 g/mol. The van der Waals surface area contributed by atoms with Crippen LogP contribution in [0.3, 0.4) is 0 Å². The van der Waals surface area contributed by atoms with E-state index in [0.717, 1.165) is 58.2 Å². The molecule has 2 aromatic carbocycles. The number of thiazole rings is 1. The summed E-state index contributed by atoms with van der Waals surface area (Å²) >= 11 is 1.62. The molecule has 6 heteroatoms. The van der Waals surface area contributed by atoms with Gasteiger partial charge in [0.2, 0.25) is 5.91 Å². The number of carbonyl (C=O) groups excluding carboxylic acids is 2. The number of benzene rings is 2. The fraction of sp³-hybridized carbons (Fsp3) is 0.346. The molecule has 0 saturated carbocycles. The standard InChI is InChI=1S/C26H27N3O2S/c1-17-28-25(19-7-3-2-4-8-19)23(32-17)15-24(30)29-13-11-18(12-14-29)22-16-27-26(31)21-10-6-5-9-20(21)22/h2-10,18,22H,11-16H2,1H3,(H,27,31). The van der Waals surface area contributed by atoms with Gasteiger partial charge in [-0.05, 0) is 37.3 Å². The molecule has 32 heavy (non-hydrogen) atoms. The minimum absolute atomic E-state index is 0.0264. The summed E-state index contributed by atoms with van der Waals surface area (Å²) in [5.74, 6) is 1.02. The molecule has 1 aromatic heterocycles. The minimum atomic E-state index is 0.0264. The molecule has 2 aliphatic heterocycles. The molecule has 1 fully saturated rings. The Morgan fingerprint density at radius 1 is 1.09 bits per heavy atom. The first-order valence-corrected chi connectivity index (χ1v) is 12.1. The van der Waals surface area contributed by atoms with E-state index in [1.807, 2.05) is 48.2 Å². The number of likely N-dealkylation sites (tertiary alicyclic amines) is 1. The number of nitrogens with one attached hydrogen (secondary N) is 1. The normalized spacial score (nSPS) is 18.8. The summed E-state index contributed by atoms with van der Waals surface area (Å²) in [6.07, 6.45) is 2.34. The Morgan fingerprint density at radius 3 is 2.59 bits per heavy atom. The Kier molecular flexibility index (Phi) is 5.79. The van der Waals surface area contributed by atoms with Gasteiger partial charge in [0, 0.05) is 41.6 Å². The van der Waals surface area contributed by atoms with Gasteiger partial charge in [0.25, 0.3) is 5.91 Å². The lowest BCUT2D eigenvalue weighted by atomic mass is 9.76. The fourth-order valence-corrected chi connectivity index (χ4v) is 6.02. The molecule has 0 spiro atoms. The van der Waals surface area contributed by atoms with Crippen molar-refractivity contribution >= 4 is 23.2 Å². The van der Waals surface area contributed by atoms with Crippen LogP contribution in [0.15, 0.2) is 54.6 Å². The lowest BCUT2D eigenvalue weighted by Crippen LogP contribution is -2.44. The molecule has 2 aliphatic rings. The summed E-state index contributed by atoms with van der Waals surface area (Å²) in [7, 11) is 0. The molecule has 0 aliphatic carbocycles. The predicted octanol–water partition coefficient (Wildman–Crippen LogP) is 4.43. The van der Waals surface area contributed by atoms with Crippen molar-refractivity contribution in [3.8, 4) is 11.3 Å². The zero-order valence-corrected chi connectivity index (χ0v) is 19.0. The first-order chi connectivity index (χ1) is 15.6. The predicted molar refractivity (Wildman–Crippen MR) is 127 cm³/mol. The van der Waals surface area contributed by atoms with Gasteiger partial charge in [0.05, 0.1) is 17.1 Å². The van der Waals surface area contributed by atoms with Crippen LogP contribution >= 0.6 is 11.3 Å². The van der Waals surface area contributed by atoms with Gasteiger partial charge in [-0.25, -0.2) is 4.98 Å². The maximum atomic E-state index is 13.1. The van der Waals surface area contributed by atoms with Crippen molar-refractivity contribution < 1.29 is 9.59 Å². The number of carbonyl (C=O) groups is 2. The number of aryl methyl sites for hydroxylation is 1. The molecular weight excluding hydrogens is 418 g/mol. The van der Waals surface area contributed by atoms with Crippen LogP contribution in [-0.2, 0) is 11.2 Å². The molecule has 164 valence electrons. The molecular formula is C26H27N3O2S. The Labute approximate surface area is 192 Å². The van der Waals surface area contributed by atoms with Crippen LogP contribution in [0.2, 0.25) is 0 Å². The largest absolute Gasteiger partial charge is 0.351 e. The smallest absolute Gasteiger partial charge is 0.251 e. The van der Waals surface area contributed by atoms with Gasteiger partial charge in [0.15, 0.2) is 0 Å². The fourth-order valence-electron chi connectivity index (χ4n) is 5.07. The first-order valence-electron chi connectivity index (χ1n) is 11.3. The van der Waals surface area contributed by atoms with Crippen LogP contribution in [0.25, 0.3) is 11.3 Å². The van der Waals surface area contributed by atoms with Crippen LogP contribution in [0.1, 0.15) is 44.6 Å².